The third-order valence-corrected chi connectivity index (χ3v) is 6.73. The third-order valence-electron chi connectivity index (χ3n) is 5.56. The van der Waals surface area contributed by atoms with Gasteiger partial charge in [-0.15, -0.1) is 11.3 Å². The van der Waals surface area contributed by atoms with Crippen molar-refractivity contribution in [3.05, 3.63) is 57.9 Å². The lowest BCUT2D eigenvalue weighted by Gasteiger charge is -2.40. The summed E-state index contributed by atoms with van der Waals surface area (Å²) in [5.41, 5.74) is 3.16. The van der Waals surface area contributed by atoms with Crippen molar-refractivity contribution in [2.24, 2.45) is 0 Å². The van der Waals surface area contributed by atoms with Gasteiger partial charge in [0, 0.05) is 37.1 Å². The van der Waals surface area contributed by atoms with Crippen LogP contribution in [0.2, 0.25) is 0 Å². The molecular weight excluding hydrogens is 368 g/mol. The Hall–Kier alpha value is -2.31. The van der Waals surface area contributed by atoms with Crippen molar-refractivity contribution < 1.29 is 4.79 Å². The second-order valence-electron chi connectivity index (χ2n) is 7.50. The normalized spacial score (nSPS) is 18.0. The molecule has 28 heavy (non-hydrogen) atoms. The van der Waals surface area contributed by atoms with E-state index in [0.29, 0.717) is 0 Å². The molecule has 1 aliphatic rings. The molecule has 1 amide bonds. The molecule has 0 aliphatic carbocycles. The Labute approximate surface area is 170 Å². The van der Waals surface area contributed by atoms with Gasteiger partial charge in [0.1, 0.15) is 10.7 Å². The van der Waals surface area contributed by atoms with Gasteiger partial charge < -0.3 is 9.80 Å². The van der Waals surface area contributed by atoms with E-state index in [1.54, 1.807) is 0 Å². The van der Waals surface area contributed by atoms with Crippen LogP contribution >= 0.6 is 11.3 Å². The Morgan fingerprint density at radius 3 is 2.64 bits per heavy atom. The number of likely N-dealkylation sites (N-methyl/N-ethyl adjacent to an activating group) is 1. The number of rotatable bonds is 3. The topological polar surface area (TPSA) is 49.3 Å². The molecule has 146 valence electrons. The number of amides is 1. The van der Waals surface area contributed by atoms with Crippen molar-refractivity contribution in [3.63, 3.8) is 0 Å². The fourth-order valence-corrected chi connectivity index (χ4v) is 5.22. The number of nitrogens with zero attached hydrogens (tertiary/aromatic N) is 4. The van der Waals surface area contributed by atoms with Crippen molar-refractivity contribution in [2.45, 2.75) is 33.2 Å². The molecule has 5 nitrogen and oxygen atoms in total. The highest BCUT2D eigenvalue weighted by atomic mass is 32.1. The van der Waals surface area contributed by atoms with Gasteiger partial charge in [0.25, 0.3) is 5.91 Å². The van der Waals surface area contributed by atoms with E-state index < -0.39 is 0 Å². The molecule has 1 fully saturated rings. The number of carbonyl (C=O) groups excluding carboxylic acids is 1. The Bertz CT molecular complexity index is 1010. The predicted octanol–water partition coefficient (Wildman–Crippen LogP) is 4.00. The van der Waals surface area contributed by atoms with Gasteiger partial charge in [-0.1, -0.05) is 37.3 Å². The average molecular weight is 395 g/mol. The van der Waals surface area contributed by atoms with Crippen LogP contribution in [0.5, 0.6) is 0 Å². The van der Waals surface area contributed by atoms with Crippen LogP contribution in [0, 0.1) is 13.8 Å². The number of thiophene rings is 1. The number of piperazine rings is 1. The molecule has 1 aromatic carbocycles. The largest absolute Gasteiger partial charge is 0.328 e. The summed E-state index contributed by atoms with van der Waals surface area (Å²) in [6.45, 7) is 8.56. The molecule has 1 atom stereocenters. The van der Waals surface area contributed by atoms with Gasteiger partial charge >= 0.3 is 0 Å². The van der Waals surface area contributed by atoms with Crippen LogP contribution in [0.3, 0.4) is 0 Å². The number of carbonyl (C=O) groups is 1. The first kappa shape index (κ1) is 19.0. The molecule has 0 saturated carbocycles. The fourth-order valence-electron chi connectivity index (χ4n) is 4.01. The summed E-state index contributed by atoms with van der Waals surface area (Å²) in [5, 5.41) is 1.04. The Morgan fingerprint density at radius 2 is 1.93 bits per heavy atom. The quantitative estimate of drug-likeness (QED) is 0.674. The van der Waals surface area contributed by atoms with Crippen molar-refractivity contribution in [1.29, 1.82) is 0 Å². The van der Waals surface area contributed by atoms with Crippen LogP contribution in [0.4, 0.5) is 0 Å². The highest BCUT2D eigenvalue weighted by molar-refractivity contribution is 7.20. The first-order valence-corrected chi connectivity index (χ1v) is 10.6. The number of benzene rings is 1. The first-order valence-electron chi connectivity index (χ1n) is 9.80. The van der Waals surface area contributed by atoms with Gasteiger partial charge in [0.15, 0.2) is 0 Å². The maximum absolute atomic E-state index is 13.6. The molecule has 2 aromatic heterocycles. The molecule has 0 spiro atoms. The van der Waals surface area contributed by atoms with Gasteiger partial charge in [-0.05, 0) is 32.0 Å². The van der Waals surface area contributed by atoms with Crippen LogP contribution < -0.4 is 0 Å². The van der Waals surface area contributed by atoms with Crippen molar-refractivity contribution in [1.82, 2.24) is 19.8 Å². The maximum Gasteiger partial charge on any atom is 0.264 e. The van der Waals surface area contributed by atoms with E-state index in [0.717, 1.165) is 58.2 Å². The minimum Gasteiger partial charge on any atom is -0.328 e. The predicted molar refractivity (Wildman–Crippen MR) is 114 cm³/mol. The number of hydrogen-bond acceptors (Lipinski definition) is 5. The van der Waals surface area contributed by atoms with Crippen LogP contribution in [-0.4, -0.2) is 52.4 Å². The zero-order chi connectivity index (χ0) is 19.8. The number of fused-ring (bicyclic) bond motifs is 1. The van der Waals surface area contributed by atoms with E-state index in [4.69, 9.17) is 0 Å². The second-order valence-corrected chi connectivity index (χ2v) is 8.50. The van der Waals surface area contributed by atoms with E-state index >= 15 is 0 Å². The number of aryl methyl sites for hydroxylation is 3. The Morgan fingerprint density at radius 1 is 1.18 bits per heavy atom. The van der Waals surface area contributed by atoms with Crippen LogP contribution in [0.25, 0.3) is 10.2 Å². The SMILES string of the molecule is CCc1nc(C)c2c(C)c(C(=O)N3CCN(C)C[C@@H]3c3ccccc3)sc2n1. The Kier molecular flexibility index (Phi) is 5.17. The van der Waals surface area contributed by atoms with Crippen molar-refractivity contribution >= 4 is 27.5 Å². The zero-order valence-corrected chi connectivity index (χ0v) is 17.7. The van der Waals surface area contributed by atoms with E-state index in [1.165, 1.54) is 16.9 Å². The fraction of sp³-hybridized carbons (Fsp3) is 0.409. The second kappa shape index (κ2) is 7.60. The van der Waals surface area contributed by atoms with Crippen molar-refractivity contribution in [2.75, 3.05) is 26.7 Å². The van der Waals surface area contributed by atoms with E-state index in [2.05, 4.69) is 41.0 Å². The van der Waals surface area contributed by atoms with E-state index in [1.807, 2.05) is 36.9 Å². The molecule has 0 N–H and O–H groups in total. The monoisotopic (exact) mass is 394 g/mol. The first-order chi connectivity index (χ1) is 13.5. The highest BCUT2D eigenvalue weighted by Gasteiger charge is 2.33. The minimum atomic E-state index is 0.0652. The highest BCUT2D eigenvalue weighted by Crippen LogP contribution is 2.35. The van der Waals surface area contributed by atoms with E-state index in [9.17, 15) is 4.79 Å². The molecule has 0 radical (unpaired) electrons. The van der Waals surface area contributed by atoms with Crippen LogP contribution in [0.1, 0.15) is 45.3 Å². The standard InChI is InChI=1S/C22H26N4OS/c1-5-18-23-15(3)19-14(2)20(28-21(19)24-18)22(27)26-12-11-25(4)13-17(26)16-9-7-6-8-10-16/h6-10,17H,5,11-13H2,1-4H3/t17-/m1/s1. The molecule has 3 aromatic rings. The van der Waals surface area contributed by atoms with E-state index in [-0.39, 0.29) is 11.9 Å². The van der Waals surface area contributed by atoms with Gasteiger partial charge in [-0.25, -0.2) is 9.97 Å². The third kappa shape index (κ3) is 3.31. The summed E-state index contributed by atoms with van der Waals surface area (Å²) in [4.78, 5) is 29.0. The van der Waals surface area contributed by atoms with Gasteiger partial charge in [-0.2, -0.15) is 0 Å². The summed E-state index contributed by atoms with van der Waals surface area (Å²) in [5.74, 6) is 0.951. The van der Waals surface area contributed by atoms with Gasteiger partial charge in [0.2, 0.25) is 0 Å². The molecular formula is C22H26N4OS. The molecule has 1 aliphatic heterocycles. The Balaban J connectivity index is 1.75. The van der Waals surface area contributed by atoms with Gasteiger partial charge in [-0.3, -0.25) is 4.79 Å². The summed E-state index contributed by atoms with van der Waals surface area (Å²) < 4.78 is 0. The molecule has 1 saturated heterocycles. The molecule has 6 heteroatoms. The maximum atomic E-state index is 13.6. The average Bonchev–Trinajstić information content (AvgIpc) is 3.05. The van der Waals surface area contributed by atoms with Crippen LogP contribution in [0.15, 0.2) is 30.3 Å². The lowest BCUT2D eigenvalue weighted by Crippen LogP contribution is -2.49. The summed E-state index contributed by atoms with van der Waals surface area (Å²) >= 11 is 1.51. The molecule has 0 unspecified atom stereocenters. The zero-order valence-electron chi connectivity index (χ0n) is 16.9. The lowest BCUT2D eigenvalue weighted by atomic mass is 10.0. The summed E-state index contributed by atoms with van der Waals surface area (Å²) in [7, 11) is 2.12. The number of hydrogen-bond donors (Lipinski definition) is 0. The van der Waals surface area contributed by atoms with Crippen molar-refractivity contribution in [3.8, 4) is 0 Å². The minimum absolute atomic E-state index is 0.0652. The summed E-state index contributed by atoms with van der Waals surface area (Å²) in [6, 6.07) is 10.4. The summed E-state index contributed by atoms with van der Waals surface area (Å²) in [6.07, 6.45) is 0.797. The van der Waals surface area contributed by atoms with Crippen LogP contribution in [-0.2, 0) is 6.42 Å². The molecule has 4 rings (SSSR count). The lowest BCUT2D eigenvalue weighted by molar-refractivity contribution is 0.0502. The van der Waals surface area contributed by atoms with Gasteiger partial charge in [0.05, 0.1) is 10.9 Å². The smallest absolute Gasteiger partial charge is 0.264 e. The molecule has 0 bridgehead atoms. The number of aromatic nitrogens is 2. The molecule has 3 heterocycles.